The summed E-state index contributed by atoms with van der Waals surface area (Å²) in [6.07, 6.45) is 2.47. The molecule has 32 heavy (non-hydrogen) atoms. The summed E-state index contributed by atoms with van der Waals surface area (Å²) in [4.78, 5) is 18.9. The van der Waals surface area contributed by atoms with Gasteiger partial charge in [-0.05, 0) is 61.7 Å². The van der Waals surface area contributed by atoms with Gasteiger partial charge in [0.1, 0.15) is 12.4 Å². The molecule has 1 amide bonds. The minimum Gasteiger partial charge on any atom is -0.491 e. The van der Waals surface area contributed by atoms with Crippen molar-refractivity contribution in [2.75, 3.05) is 40.0 Å². The number of methoxy groups -OCH3 is 1. The van der Waals surface area contributed by atoms with E-state index in [0.717, 1.165) is 30.6 Å². The highest BCUT2D eigenvalue weighted by atomic mass is 32.1. The topological polar surface area (TPSA) is 62.2 Å². The smallest absolute Gasteiger partial charge is 0.237 e. The van der Waals surface area contributed by atoms with E-state index in [9.17, 15) is 9.90 Å². The molecule has 1 aliphatic carbocycles. The van der Waals surface area contributed by atoms with Crippen molar-refractivity contribution < 1.29 is 19.4 Å². The number of rotatable bonds is 10. The number of benzene rings is 1. The molecule has 1 aliphatic heterocycles. The average molecular weight is 459 g/mol. The number of amides is 1. The van der Waals surface area contributed by atoms with Gasteiger partial charge >= 0.3 is 0 Å². The van der Waals surface area contributed by atoms with Crippen molar-refractivity contribution in [3.05, 3.63) is 51.2 Å². The summed E-state index contributed by atoms with van der Waals surface area (Å²) in [7, 11) is 1.59. The van der Waals surface area contributed by atoms with Crippen LogP contribution in [0.25, 0.3) is 0 Å². The van der Waals surface area contributed by atoms with E-state index in [1.807, 2.05) is 11.0 Å². The standard InChI is InChI=1S/C25H34N2O4S/c1-17-4-7-23(18(2)12-17)31-16-22-21-9-11-32-24(21)8-10-27(22)25(29)14-26(19-5-6-19)13-20(28)15-30-3/h4,7,9,11-12,19-20,22,28H,5-6,8,10,13-16H2,1-3H3/t20-,22-/m0/s1. The number of aliphatic hydroxyl groups is 1. The Balaban J connectivity index is 1.47. The van der Waals surface area contributed by atoms with Crippen LogP contribution in [-0.2, 0) is 16.0 Å². The second-order valence-electron chi connectivity index (χ2n) is 9.00. The molecule has 0 spiro atoms. The molecule has 1 aromatic heterocycles. The van der Waals surface area contributed by atoms with E-state index in [-0.39, 0.29) is 18.6 Å². The first kappa shape index (κ1) is 23.2. The molecule has 2 heterocycles. The van der Waals surface area contributed by atoms with Crippen molar-refractivity contribution >= 4 is 17.2 Å². The van der Waals surface area contributed by atoms with Crippen LogP contribution in [-0.4, -0.2) is 72.9 Å². The van der Waals surface area contributed by atoms with E-state index in [0.29, 0.717) is 32.3 Å². The molecule has 0 unspecified atom stereocenters. The number of ether oxygens (including phenoxy) is 2. The zero-order valence-corrected chi connectivity index (χ0v) is 20.1. The van der Waals surface area contributed by atoms with Crippen molar-refractivity contribution in [3.63, 3.8) is 0 Å². The molecule has 7 heteroatoms. The number of aryl methyl sites for hydroxylation is 2. The minimum absolute atomic E-state index is 0.0943. The fraction of sp³-hybridized carbons (Fsp3) is 0.560. The lowest BCUT2D eigenvalue weighted by Gasteiger charge is -2.37. The zero-order valence-electron chi connectivity index (χ0n) is 19.3. The SMILES string of the molecule is COC[C@@H](O)CN(CC(=O)N1CCc2sccc2[C@@H]1COc1ccc(C)cc1C)C1CC1. The van der Waals surface area contributed by atoms with Crippen LogP contribution in [0.1, 0.15) is 40.5 Å². The van der Waals surface area contributed by atoms with Gasteiger partial charge in [-0.25, -0.2) is 0 Å². The quantitative estimate of drug-likeness (QED) is 0.592. The normalized spacial score (nSPS) is 19.2. The first-order valence-corrected chi connectivity index (χ1v) is 12.3. The van der Waals surface area contributed by atoms with E-state index < -0.39 is 6.10 Å². The molecule has 0 bridgehead atoms. The number of nitrogens with zero attached hydrogens (tertiary/aromatic N) is 2. The first-order chi connectivity index (χ1) is 15.5. The van der Waals surface area contributed by atoms with Gasteiger partial charge in [0.15, 0.2) is 0 Å². The summed E-state index contributed by atoms with van der Waals surface area (Å²) in [6, 6.07) is 8.62. The van der Waals surface area contributed by atoms with Gasteiger partial charge in [-0.3, -0.25) is 9.69 Å². The molecule has 0 saturated heterocycles. The highest BCUT2D eigenvalue weighted by Crippen LogP contribution is 2.35. The number of hydrogen-bond acceptors (Lipinski definition) is 6. The number of aliphatic hydroxyl groups excluding tert-OH is 1. The predicted octanol–water partition coefficient (Wildman–Crippen LogP) is 3.34. The Morgan fingerprint density at radius 3 is 2.84 bits per heavy atom. The molecular weight excluding hydrogens is 424 g/mol. The number of fused-ring (bicyclic) bond motifs is 1. The third kappa shape index (κ3) is 5.52. The minimum atomic E-state index is -0.582. The molecular formula is C25H34N2O4S. The van der Waals surface area contributed by atoms with Gasteiger partial charge in [-0.2, -0.15) is 0 Å². The Hall–Kier alpha value is -1.93. The van der Waals surface area contributed by atoms with Crippen LogP contribution < -0.4 is 4.74 Å². The molecule has 6 nitrogen and oxygen atoms in total. The Morgan fingerprint density at radius 1 is 1.31 bits per heavy atom. The second-order valence-corrected chi connectivity index (χ2v) is 10.0. The maximum Gasteiger partial charge on any atom is 0.237 e. The molecule has 2 aromatic rings. The zero-order chi connectivity index (χ0) is 22.7. The van der Waals surface area contributed by atoms with Crippen LogP contribution in [0.2, 0.25) is 0 Å². The lowest BCUT2D eigenvalue weighted by Crippen LogP contribution is -2.48. The van der Waals surface area contributed by atoms with Gasteiger partial charge in [0.05, 0.1) is 25.3 Å². The Morgan fingerprint density at radius 2 is 2.12 bits per heavy atom. The Kier molecular flexibility index (Phi) is 7.51. The van der Waals surface area contributed by atoms with Crippen LogP contribution >= 0.6 is 11.3 Å². The molecule has 0 radical (unpaired) electrons. The summed E-state index contributed by atoms with van der Waals surface area (Å²) < 4.78 is 11.3. The van der Waals surface area contributed by atoms with Crippen molar-refractivity contribution in [2.24, 2.45) is 0 Å². The van der Waals surface area contributed by atoms with Crippen molar-refractivity contribution in [3.8, 4) is 5.75 Å². The van der Waals surface area contributed by atoms with Gasteiger partial charge in [0.2, 0.25) is 5.91 Å². The Bertz CT molecular complexity index is 926. The van der Waals surface area contributed by atoms with Gasteiger partial charge in [0, 0.05) is 31.1 Å². The van der Waals surface area contributed by atoms with E-state index in [4.69, 9.17) is 9.47 Å². The van der Waals surface area contributed by atoms with Crippen LogP contribution in [0.15, 0.2) is 29.6 Å². The van der Waals surface area contributed by atoms with Gasteiger partial charge in [-0.15, -0.1) is 11.3 Å². The molecule has 2 atom stereocenters. The molecule has 4 rings (SSSR count). The van der Waals surface area contributed by atoms with E-state index in [1.54, 1.807) is 18.4 Å². The molecule has 1 fully saturated rings. The third-order valence-corrected chi connectivity index (χ3v) is 7.34. The maximum atomic E-state index is 13.5. The summed E-state index contributed by atoms with van der Waals surface area (Å²) in [5.74, 6) is 0.972. The molecule has 2 aliphatic rings. The monoisotopic (exact) mass is 458 g/mol. The number of carbonyl (C=O) groups is 1. The summed E-state index contributed by atoms with van der Waals surface area (Å²) in [5.41, 5.74) is 3.52. The van der Waals surface area contributed by atoms with Crippen molar-refractivity contribution in [1.82, 2.24) is 9.80 Å². The first-order valence-electron chi connectivity index (χ1n) is 11.4. The van der Waals surface area contributed by atoms with Crippen molar-refractivity contribution in [1.29, 1.82) is 0 Å². The molecule has 1 N–H and O–H groups in total. The summed E-state index contributed by atoms with van der Waals surface area (Å²) in [6.45, 7) is 6.34. The van der Waals surface area contributed by atoms with Gasteiger partial charge < -0.3 is 19.5 Å². The number of thiophene rings is 1. The average Bonchev–Trinajstić information content (AvgIpc) is 3.49. The summed E-state index contributed by atoms with van der Waals surface area (Å²) in [5, 5.41) is 12.3. The molecule has 1 aromatic carbocycles. The summed E-state index contributed by atoms with van der Waals surface area (Å²) >= 11 is 1.76. The largest absolute Gasteiger partial charge is 0.491 e. The van der Waals surface area contributed by atoms with Crippen LogP contribution in [0, 0.1) is 13.8 Å². The fourth-order valence-corrected chi connectivity index (χ4v) is 5.50. The second kappa shape index (κ2) is 10.3. The predicted molar refractivity (Wildman–Crippen MR) is 126 cm³/mol. The number of hydrogen-bond donors (Lipinski definition) is 1. The number of carbonyl (C=O) groups excluding carboxylic acids is 1. The third-order valence-electron chi connectivity index (χ3n) is 6.35. The molecule has 174 valence electrons. The lowest BCUT2D eigenvalue weighted by molar-refractivity contribution is -0.136. The molecule has 1 saturated carbocycles. The fourth-order valence-electron chi connectivity index (χ4n) is 4.57. The highest BCUT2D eigenvalue weighted by Gasteiger charge is 2.36. The van der Waals surface area contributed by atoms with E-state index >= 15 is 0 Å². The van der Waals surface area contributed by atoms with E-state index in [2.05, 4.69) is 42.3 Å². The van der Waals surface area contributed by atoms with E-state index in [1.165, 1.54) is 16.0 Å². The van der Waals surface area contributed by atoms with Gasteiger partial charge in [0.25, 0.3) is 0 Å². The maximum absolute atomic E-state index is 13.5. The van der Waals surface area contributed by atoms with Crippen LogP contribution in [0.5, 0.6) is 5.75 Å². The van der Waals surface area contributed by atoms with Crippen LogP contribution in [0.3, 0.4) is 0 Å². The lowest BCUT2D eigenvalue weighted by atomic mass is 10.00. The highest BCUT2D eigenvalue weighted by molar-refractivity contribution is 7.10. The van der Waals surface area contributed by atoms with Gasteiger partial charge in [-0.1, -0.05) is 17.7 Å². The van der Waals surface area contributed by atoms with Crippen LogP contribution in [0.4, 0.5) is 0 Å². The Labute approximate surface area is 194 Å². The van der Waals surface area contributed by atoms with Crippen molar-refractivity contribution in [2.45, 2.75) is 51.3 Å².